The molecule has 0 spiro atoms. The molecule has 0 aromatic heterocycles. The van der Waals surface area contributed by atoms with Crippen LogP contribution in [0.15, 0.2) is 58.7 Å². The Morgan fingerprint density at radius 2 is 1.84 bits per heavy atom. The fourth-order valence-corrected chi connectivity index (χ4v) is 3.70. The van der Waals surface area contributed by atoms with Gasteiger partial charge >= 0.3 is 0 Å². The van der Waals surface area contributed by atoms with E-state index in [1.54, 1.807) is 31.4 Å². The number of nitrogens with zero attached hydrogens (tertiary/aromatic N) is 2. The van der Waals surface area contributed by atoms with E-state index in [9.17, 15) is 9.59 Å². The van der Waals surface area contributed by atoms with Crippen LogP contribution in [0.4, 0.5) is 5.69 Å². The molecule has 162 valence electrons. The summed E-state index contributed by atoms with van der Waals surface area (Å²) >= 11 is 1.17. The van der Waals surface area contributed by atoms with Crippen LogP contribution in [0.3, 0.4) is 0 Å². The molecule has 1 saturated heterocycles. The maximum Gasteiger partial charge on any atom is 0.238 e. The van der Waals surface area contributed by atoms with Crippen LogP contribution in [-0.4, -0.2) is 41.7 Å². The van der Waals surface area contributed by atoms with Crippen LogP contribution in [0.2, 0.25) is 0 Å². The van der Waals surface area contributed by atoms with Crippen LogP contribution in [-0.2, 0) is 9.59 Å². The first-order chi connectivity index (χ1) is 15.0. The summed E-state index contributed by atoms with van der Waals surface area (Å²) in [4.78, 5) is 24.7. The topological polar surface area (TPSA) is 101 Å². The van der Waals surface area contributed by atoms with Gasteiger partial charge in [-0.25, -0.2) is 0 Å². The summed E-state index contributed by atoms with van der Waals surface area (Å²) < 4.78 is 10.5. The molecule has 2 amide bonds. The highest BCUT2D eigenvalue weighted by Crippen LogP contribution is 2.23. The van der Waals surface area contributed by atoms with Gasteiger partial charge < -0.3 is 20.1 Å². The highest BCUT2D eigenvalue weighted by atomic mass is 32.2. The van der Waals surface area contributed by atoms with E-state index in [-0.39, 0.29) is 23.4 Å². The number of nitrogens with one attached hydrogen (secondary N) is 2. The second-order valence-corrected chi connectivity index (χ2v) is 7.82. The lowest BCUT2D eigenvalue weighted by atomic mass is 10.1. The van der Waals surface area contributed by atoms with Gasteiger partial charge in [-0.15, -0.1) is 5.10 Å². The largest absolute Gasteiger partial charge is 0.497 e. The monoisotopic (exact) mass is 440 g/mol. The van der Waals surface area contributed by atoms with E-state index in [1.165, 1.54) is 11.8 Å². The van der Waals surface area contributed by atoms with Gasteiger partial charge in [-0.2, -0.15) is 5.10 Å². The van der Waals surface area contributed by atoms with Gasteiger partial charge in [0.2, 0.25) is 11.8 Å². The van der Waals surface area contributed by atoms with Crippen LogP contribution in [0.25, 0.3) is 0 Å². The predicted octanol–water partition coefficient (Wildman–Crippen LogP) is 3.43. The Kier molecular flexibility index (Phi) is 7.66. The Hall–Kier alpha value is -3.33. The molecule has 9 heteroatoms. The van der Waals surface area contributed by atoms with Crippen molar-refractivity contribution in [2.75, 3.05) is 19.0 Å². The molecule has 1 heterocycles. The molecule has 1 aliphatic heterocycles. The molecule has 1 atom stereocenters. The van der Waals surface area contributed by atoms with E-state index in [0.717, 1.165) is 17.1 Å². The molecule has 8 nitrogen and oxygen atoms in total. The Bertz CT molecular complexity index is 988. The Labute approximate surface area is 185 Å². The van der Waals surface area contributed by atoms with Gasteiger partial charge in [0.25, 0.3) is 0 Å². The van der Waals surface area contributed by atoms with Crippen LogP contribution in [0, 0.1) is 0 Å². The minimum Gasteiger partial charge on any atom is -0.497 e. The number of thioether (sulfide) groups is 1. The molecule has 1 fully saturated rings. The molecule has 2 N–H and O–H groups in total. The van der Waals surface area contributed by atoms with Crippen molar-refractivity contribution in [1.29, 1.82) is 0 Å². The standard InChI is InChI=1S/C22H24N4O4S/c1-4-30-18-11-7-16(8-12-18)23-21(28)19-13-20(27)24-22(31-19)26-25-14(2)15-5-9-17(29-3)10-6-15/h5-12,19H,4,13H2,1-3H3,(H,23,28)(H,24,26,27)/b25-14-/t19-/m1/s1. The molecule has 0 aliphatic carbocycles. The average Bonchev–Trinajstić information content (AvgIpc) is 2.78. The third-order valence-corrected chi connectivity index (χ3v) is 5.47. The normalized spacial score (nSPS) is 17.8. The first-order valence-electron chi connectivity index (χ1n) is 9.75. The zero-order valence-corrected chi connectivity index (χ0v) is 18.4. The highest BCUT2D eigenvalue weighted by molar-refractivity contribution is 8.15. The number of rotatable bonds is 7. The lowest BCUT2D eigenvalue weighted by Crippen LogP contribution is -2.41. The number of carbonyl (C=O) groups is 2. The molecular formula is C22H24N4O4S. The molecule has 0 saturated carbocycles. The molecule has 2 aromatic carbocycles. The third kappa shape index (κ3) is 6.32. The van der Waals surface area contributed by atoms with Crippen molar-refractivity contribution in [1.82, 2.24) is 5.32 Å². The SMILES string of the molecule is CCOc1ccc(NC(=O)[C@H]2CC(=O)N/C(=N\N=C(\C)c3ccc(OC)cc3)S2)cc1. The van der Waals surface area contributed by atoms with Crippen molar-refractivity contribution >= 4 is 40.1 Å². The van der Waals surface area contributed by atoms with E-state index in [4.69, 9.17) is 9.47 Å². The highest BCUT2D eigenvalue weighted by Gasteiger charge is 2.30. The number of hydrogen-bond acceptors (Lipinski definition) is 7. The van der Waals surface area contributed by atoms with Crippen LogP contribution in [0.5, 0.6) is 11.5 Å². The van der Waals surface area contributed by atoms with Crippen LogP contribution >= 0.6 is 11.8 Å². The Morgan fingerprint density at radius 1 is 1.16 bits per heavy atom. The maximum absolute atomic E-state index is 12.6. The molecule has 2 aromatic rings. The Morgan fingerprint density at radius 3 is 2.48 bits per heavy atom. The molecule has 0 unspecified atom stereocenters. The maximum atomic E-state index is 12.6. The number of hydrogen-bond donors (Lipinski definition) is 2. The van der Waals surface area contributed by atoms with Crippen molar-refractivity contribution in [3.05, 3.63) is 54.1 Å². The van der Waals surface area contributed by atoms with E-state index in [0.29, 0.717) is 18.0 Å². The smallest absolute Gasteiger partial charge is 0.238 e. The Balaban J connectivity index is 1.65. The number of methoxy groups -OCH3 is 1. The van der Waals surface area contributed by atoms with Gasteiger partial charge in [-0.3, -0.25) is 9.59 Å². The predicted molar refractivity (Wildman–Crippen MR) is 123 cm³/mol. The minimum absolute atomic E-state index is 0.0632. The average molecular weight is 441 g/mol. The molecule has 3 rings (SSSR count). The van der Waals surface area contributed by atoms with Crippen molar-refractivity contribution in [3.8, 4) is 11.5 Å². The second kappa shape index (κ2) is 10.6. The van der Waals surface area contributed by atoms with Crippen molar-refractivity contribution in [2.45, 2.75) is 25.5 Å². The first-order valence-corrected chi connectivity index (χ1v) is 10.6. The number of carbonyl (C=O) groups excluding carboxylic acids is 2. The molecular weight excluding hydrogens is 416 g/mol. The van der Waals surface area contributed by atoms with Gasteiger partial charge in [0.15, 0.2) is 5.17 Å². The third-order valence-electron chi connectivity index (χ3n) is 4.39. The van der Waals surface area contributed by atoms with Crippen molar-refractivity contribution in [2.24, 2.45) is 10.2 Å². The van der Waals surface area contributed by atoms with Crippen LogP contribution in [0.1, 0.15) is 25.8 Å². The summed E-state index contributed by atoms with van der Waals surface area (Å²) in [6.45, 7) is 4.29. The van der Waals surface area contributed by atoms with Gasteiger partial charge in [0.05, 0.1) is 19.4 Å². The number of anilines is 1. The minimum atomic E-state index is -0.601. The zero-order chi connectivity index (χ0) is 22.2. The number of ether oxygens (including phenoxy) is 2. The van der Waals surface area contributed by atoms with Gasteiger partial charge in [-0.1, -0.05) is 11.8 Å². The van der Waals surface area contributed by atoms with E-state index < -0.39 is 5.25 Å². The number of amidine groups is 1. The molecule has 0 radical (unpaired) electrons. The second-order valence-electron chi connectivity index (χ2n) is 6.62. The summed E-state index contributed by atoms with van der Waals surface area (Å²) in [6.07, 6.45) is 0.0632. The lowest BCUT2D eigenvalue weighted by molar-refractivity contribution is -0.123. The number of benzene rings is 2. The van der Waals surface area contributed by atoms with Crippen molar-refractivity contribution in [3.63, 3.8) is 0 Å². The molecule has 0 bridgehead atoms. The summed E-state index contributed by atoms with van der Waals surface area (Å²) in [6, 6.07) is 14.5. The van der Waals surface area contributed by atoms with Gasteiger partial charge in [-0.05, 0) is 67.9 Å². The fourth-order valence-electron chi connectivity index (χ4n) is 2.77. The van der Waals surface area contributed by atoms with Gasteiger partial charge in [0.1, 0.15) is 16.7 Å². The summed E-state index contributed by atoms with van der Waals surface area (Å²) in [7, 11) is 1.60. The van der Waals surface area contributed by atoms with Crippen LogP contribution < -0.4 is 20.1 Å². The first kappa shape index (κ1) is 22.4. The summed E-state index contributed by atoms with van der Waals surface area (Å²) in [5.41, 5.74) is 2.18. The lowest BCUT2D eigenvalue weighted by Gasteiger charge is -2.21. The summed E-state index contributed by atoms with van der Waals surface area (Å²) in [5, 5.41) is 13.5. The number of amides is 2. The van der Waals surface area contributed by atoms with E-state index in [2.05, 4.69) is 20.8 Å². The van der Waals surface area contributed by atoms with Crippen molar-refractivity contribution < 1.29 is 19.1 Å². The summed E-state index contributed by atoms with van der Waals surface area (Å²) in [5.74, 6) is 0.931. The van der Waals surface area contributed by atoms with E-state index in [1.807, 2.05) is 38.1 Å². The zero-order valence-electron chi connectivity index (χ0n) is 17.5. The van der Waals surface area contributed by atoms with Gasteiger partial charge in [0, 0.05) is 12.1 Å². The van der Waals surface area contributed by atoms with E-state index >= 15 is 0 Å². The molecule has 1 aliphatic rings. The fraction of sp³-hybridized carbons (Fsp3) is 0.273. The molecule has 31 heavy (non-hydrogen) atoms. The quantitative estimate of drug-likeness (QED) is 0.507.